The monoisotopic (exact) mass is 610 g/mol. The Kier molecular flexibility index (Phi) is 6.04. The fraction of sp³-hybridized carbons (Fsp3) is 0.316. The molecule has 2 aliphatic heterocycles. The molecule has 5 aromatic heterocycles. The Morgan fingerprint density at radius 3 is 1.93 bits per heavy atom. The largest absolute Gasteiger partial charge is 0.312 e. The highest BCUT2D eigenvalue weighted by Gasteiger charge is 2.27. The number of fused-ring (bicyclic) bond motifs is 9. The van der Waals surface area contributed by atoms with Crippen LogP contribution in [0.25, 0.3) is 54.3 Å². The summed E-state index contributed by atoms with van der Waals surface area (Å²) in [6.07, 6.45) is 8.29. The molecule has 45 heavy (non-hydrogen) atoms. The van der Waals surface area contributed by atoms with Gasteiger partial charge < -0.3 is 9.13 Å². The van der Waals surface area contributed by atoms with Crippen molar-refractivity contribution in [3.05, 3.63) is 95.6 Å². The zero-order chi connectivity index (χ0) is 30.4. The Morgan fingerprint density at radius 2 is 1.29 bits per heavy atom. The van der Waals surface area contributed by atoms with Crippen molar-refractivity contribution in [3.8, 4) is 34.2 Å². The van der Waals surface area contributed by atoms with Crippen LogP contribution in [0.2, 0.25) is 0 Å². The zero-order valence-corrected chi connectivity index (χ0v) is 27.2. The van der Waals surface area contributed by atoms with Crippen LogP contribution in [0.15, 0.2) is 73.1 Å². The van der Waals surface area contributed by atoms with E-state index in [1.54, 1.807) is 0 Å². The van der Waals surface area contributed by atoms with E-state index < -0.39 is 0 Å². The van der Waals surface area contributed by atoms with Gasteiger partial charge in [0.1, 0.15) is 0 Å². The predicted molar refractivity (Wildman–Crippen MR) is 185 cm³/mol. The second-order valence-corrected chi connectivity index (χ2v) is 14.4. The van der Waals surface area contributed by atoms with Gasteiger partial charge in [-0.2, -0.15) is 10.2 Å². The van der Waals surface area contributed by atoms with Gasteiger partial charge in [0.15, 0.2) is 0 Å². The second-order valence-electron chi connectivity index (χ2n) is 13.4. The van der Waals surface area contributed by atoms with Crippen molar-refractivity contribution in [2.24, 2.45) is 0 Å². The summed E-state index contributed by atoms with van der Waals surface area (Å²) < 4.78 is 12.1. The van der Waals surface area contributed by atoms with Crippen LogP contribution in [0.5, 0.6) is 0 Å². The number of thiophene rings is 1. The van der Waals surface area contributed by atoms with E-state index in [-0.39, 0.29) is 0 Å². The van der Waals surface area contributed by atoms with Crippen LogP contribution in [-0.4, -0.2) is 28.7 Å². The molecular formula is C38H38N6S. The number of hydrogen-bond donors (Lipinski definition) is 0. The predicted octanol–water partition coefficient (Wildman–Crippen LogP) is 9.50. The number of aromatic nitrogens is 6. The van der Waals surface area contributed by atoms with Gasteiger partial charge in [-0.3, -0.25) is 9.36 Å². The number of benzene rings is 2. The Bertz CT molecular complexity index is 2250. The Hall–Kier alpha value is -4.36. The highest BCUT2D eigenvalue weighted by molar-refractivity contribution is 7.26. The van der Waals surface area contributed by atoms with Gasteiger partial charge in [-0.05, 0) is 97.2 Å². The maximum Gasteiger partial charge on any atom is 0.0853 e. The normalized spacial score (nSPS) is 14.5. The minimum Gasteiger partial charge on any atom is -0.312 e. The van der Waals surface area contributed by atoms with Crippen LogP contribution < -0.4 is 0 Å². The van der Waals surface area contributed by atoms with E-state index in [1.165, 1.54) is 76.8 Å². The molecule has 7 heteroatoms. The molecule has 0 amide bonds. The number of nitrogens with zero attached hydrogens (tertiary/aromatic N) is 6. The minimum absolute atomic E-state index is 0.399. The molecule has 9 rings (SSSR count). The first-order valence-electron chi connectivity index (χ1n) is 16.5. The number of hydrogen-bond acceptors (Lipinski definition) is 3. The smallest absolute Gasteiger partial charge is 0.0853 e. The van der Waals surface area contributed by atoms with E-state index in [0.717, 1.165) is 38.8 Å². The lowest BCUT2D eigenvalue weighted by Crippen LogP contribution is -2.07. The van der Waals surface area contributed by atoms with E-state index >= 15 is 0 Å². The van der Waals surface area contributed by atoms with Crippen molar-refractivity contribution in [3.63, 3.8) is 0 Å². The lowest BCUT2D eigenvalue weighted by atomic mass is 10.1. The van der Waals surface area contributed by atoms with Crippen LogP contribution in [0.4, 0.5) is 0 Å². The maximum absolute atomic E-state index is 4.70. The third kappa shape index (κ3) is 3.99. The first kappa shape index (κ1) is 27.0. The zero-order valence-electron chi connectivity index (χ0n) is 26.4. The average Bonchev–Trinajstić information content (AvgIpc) is 3.84. The average molecular weight is 611 g/mol. The fourth-order valence-electron chi connectivity index (χ4n) is 7.84. The molecule has 0 aliphatic carbocycles. The van der Waals surface area contributed by atoms with Gasteiger partial charge in [0, 0.05) is 58.0 Å². The number of aryl methyl sites for hydroxylation is 4. The molecule has 0 N–H and O–H groups in total. The van der Waals surface area contributed by atoms with Crippen molar-refractivity contribution in [1.82, 2.24) is 28.7 Å². The minimum atomic E-state index is 0.399. The second kappa shape index (κ2) is 10.1. The standard InChI is InChI=1S/C38H38N6S/c1-23(2)33-20-25-8-6-18-41-30(14-16-39-41)36(25)43(33)27-12-13-35-29(22-27)28-10-5-11-32(38(28)45-35)44-34(24(3)4)21-26-9-7-19-42-31(37(26)44)15-17-40-42/h5,10-17,20-24H,6-9,18-19H2,1-4H3. The van der Waals surface area contributed by atoms with Gasteiger partial charge >= 0.3 is 0 Å². The van der Waals surface area contributed by atoms with Gasteiger partial charge in [-0.15, -0.1) is 11.3 Å². The molecule has 0 spiro atoms. The van der Waals surface area contributed by atoms with E-state index in [0.29, 0.717) is 11.8 Å². The summed E-state index contributed by atoms with van der Waals surface area (Å²) >= 11 is 1.92. The van der Waals surface area contributed by atoms with E-state index in [4.69, 9.17) is 5.10 Å². The highest BCUT2D eigenvalue weighted by atomic mass is 32.1. The van der Waals surface area contributed by atoms with Crippen molar-refractivity contribution in [2.45, 2.75) is 78.3 Å². The van der Waals surface area contributed by atoms with Crippen molar-refractivity contribution in [1.29, 1.82) is 0 Å². The topological polar surface area (TPSA) is 45.5 Å². The third-order valence-electron chi connectivity index (χ3n) is 9.91. The van der Waals surface area contributed by atoms with Crippen LogP contribution >= 0.6 is 11.3 Å². The van der Waals surface area contributed by atoms with Gasteiger partial charge in [-0.25, -0.2) is 0 Å². The molecule has 0 atom stereocenters. The number of rotatable bonds is 4. The van der Waals surface area contributed by atoms with Crippen LogP contribution in [-0.2, 0) is 25.9 Å². The summed E-state index contributed by atoms with van der Waals surface area (Å²) in [5.74, 6) is 0.804. The summed E-state index contributed by atoms with van der Waals surface area (Å²) in [5.41, 5.74) is 13.2. The van der Waals surface area contributed by atoms with E-state index in [1.807, 2.05) is 23.7 Å². The molecule has 0 radical (unpaired) electrons. The van der Waals surface area contributed by atoms with Crippen LogP contribution in [0.1, 0.15) is 74.9 Å². The molecule has 7 aromatic rings. The molecule has 0 fully saturated rings. The third-order valence-corrected chi connectivity index (χ3v) is 11.1. The molecule has 0 saturated heterocycles. The van der Waals surface area contributed by atoms with Gasteiger partial charge in [0.2, 0.25) is 0 Å². The van der Waals surface area contributed by atoms with Crippen molar-refractivity contribution < 1.29 is 0 Å². The first-order chi connectivity index (χ1) is 22.0. The molecular weight excluding hydrogens is 573 g/mol. The lowest BCUT2D eigenvalue weighted by Gasteiger charge is -2.17. The Morgan fingerprint density at radius 1 is 0.667 bits per heavy atom. The summed E-state index contributed by atoms with van der Waals surface area (Å²) in [7, 11) is 0. The molecule has 2 aliphatic rings. The lowest BCUT2D eigenvalue weighted by molar-refractivity contribution is 0.593. The quantitative estimate of drug-likeness (QED) is 0.199. The molecule has 0 unspecified atom stereocenters. The highest BCUT2D eigenvalue weighted by Crippen LogP contribution is 2.44. The van der Waals surface area contributed by atoms with E-state index in [9.17, 15) is 0 Å². The van der Waals surface area contributed by atoms with Crippen molar-refractivity contribution in [2.75, 3.05) is 0 Å². The Balaban J connectivity index is 1.28. The first-order valence-corrected chi connectivity index (χ1v) is 17.3. The molecule has 7 heterocycles. The van der Waals surface area contributed by atoms with Crippen LogP contribution in [0, 0.1) is 0 Å². The maximum atomic E-state index is 4.70. The summed E-state index contributed by atoms with van der Waals surface area (Å²) in [6.45, 7) is 11.2. The van der Waals surface area contributed by atoms with E-state index in [2.05, 4.69) is 112 Å². The summed E-state index contributed by atoms with van der Waals surface area (Å²) in [5, 5.41) is 12.0. The van der Waals surface area contributed by atoms with Crippen LogP contribution in [0.3, 0.4) is 0 Å². The fourth-order valence-corrected chi connectivity index (χ4v) is 9.03. The van der Waals surface area contributed by atoms with Crippen molar-refractivity contribution >= 4 is 31.5 Å². The SMILES string of the molecule is CC(C)c1cc2c(n1-c1ccc3sc4c(-n5c(C(C)C)cc6c5-c5ccnn5CCC6)cccc4c3c1)-c1ccnn1CCC2. The molecule has 2 aromatic carbocycles. The molecule has 226 valence electrons. The Labute approximate surface area is 267 Å². The molecule has 0 bridgehead atoms. The molecule has 6 nitrogen and oxygen atoms in total. The van der Waals surface area contributed by atoms with Gasteiger partial charge in [-0.1, -0.05) is 39.8 Å². The van der Waals surface area contributed by atoms with Gasteiger partial charge in [0.25, 0.3) is 0 Å². The van der Waals surface area contributed by atoms with Gasteiger partial charge in [0.05, 0.1) is 33.2 Å². The summed E-state index contributed by atoms with van der Waals surface area (Å²) in [6, 6.07) is 23.3. The molecule has 0 saturated carbocycles. The summed E-state index contributed by atoms with van der Waals surface area (Å²) in [4.78, 5) is 0.